The van der Waals surface area contributed by atoms with Crippen molar-refractivity contribution in [2.75, 3.05) is 0 Å². The largest absolute Gasteiger partial charge is 0.443 e. The molecule has 2 aromatic rings. The Balaban J connectivity index is 2.08. The molecule has 2 amide bonds. The Hall–Kier alpha value is -2.11. The molecular formula is C21H20Cl2FNO3. The van der Waals surface area contributed by atoms with Crippen LogP contribution in [-0.4, -0.2) is 22.5 Å². The van der Waals surface area contributed by atoms with Crippen LogP contribution in [0.3, 0.4) is 0 Å². The Kier molecular flexibility index (Phi) is 5.19. The molecule has 1 saturated heterocycles. The fraction of sp³-hybridized carbons (Fsp3) is 0.333. The molecule has 1 aliphatic rings. The first-order chi connectivity index (χ1) is 12.9. The third-order valence-corrected chi connectivity index (χ3v) is 5.32. The Morgan fingerprint density at radius 2 is 1.75 bits per heavy atom. The quantitative estimate of drug-likeness (QED) is 0.564. The number of amides is 2. The molecule has 0 saturated carbocycles. The van der Waals surface area contributed by atoms with Gasteiger partial charge in [-0.05, 0) is 63.1 Å². The summed E-state index contributed by atoms with van der Waals surface area (Å²) < 4.78 is 19.5. The number of carbonyl (C=O) groups excluding carboxylic acids is 2. The summed E-state index contributed by atoms with van der Waals surface area (Å²) >= 11 is 11.8. The molecule has 2 atom stereocenters. The van der Waals surface area contributed by atoms with Crippen LogP contribution in [0.5, 0.6) is 0 Å². The molecule has 3 rings (SSSR count). The van der Waals surface area contributed by atoms with Crippen LogP contribution in [0.2, 0.25) is 10.0 Å². The van der Waals surface area contributed by atoms with Gasteiger partial charge in [-0.1, -0.05) is 41.4 Å². The number of likely N-dealkylation sites (tertiary alicyclic amines) is 1. The van der Waals surface area contributed by atoms with E-state index in [1.165, 1.54) is 12.1 Å². The molecule has 2 unspecified atom stereocenters. The second-order valence-electron chi connectivity index (χ2n) is 7.94. The van der Waals surface area contributed by atoms with Gasteiger partial charge >= 0.3 is 6.09 Å². The predicted octanol–water partition coefficient (Wildman–Crippen LogP) is 5.91. The number of β-lactam (4-membered cyclic amide) rings is 1. The molecular weight excluding hydrogens is 404 g/mol. The Morgan fingerprint density at radius 1 is 1.14 bits per heavy atom. The number of imide groups is 1. The first-order valence-corrected chi connectivity index (χ1v) is 9.48. The van der Waals surface area contributed by atoms with E-state index in [1.807, 2.05) is 0 Å². The number of benzene rings is 2. The molecule has 1 heterocycles. The number of nitrogens with zero attached hydrogens (tertiary/aromatic N) is 1. The van der Waals surface area contributed by atoms with E-state index in [-0.39, 0.29) is 5.02 Å². The third kappa shape index (κ3) is 3.49. The van der Waals surface area contributed by atoms with Crippen LogP contribution in [0.1, 0.15) is 44.9 Å². The topological polar surface area (TPSA) is 46.6 Å². The normalized spacial score (nSPS) is 22.0. The number of rotatable bonds is 2. The fourth-order valence-electron chi connectivity index (χ4n) is 3.40. The minimum Gasteiger partial charge on any atom is -0.443 e. The maximum atomic E-state index is 14.1. The summed E-state index contributed by atoms with van der Waals surface area (Å²) in [5, 5.41) is 0.489. The van der Waals surface area contributed by atoms with E-state index in [4.69, 9.17) is 27.9 Å². The fourth-order valence-corrected chi connectivity index (χ4v) is 3.65. The third-order valence-electron chi connectivity index (χ3n) is 4.76. The van der Waals surface area contributed by atoms with Crippen LogP contribution in [0, 0.1) is 5.82 Å². The second-order valence-corrected chi connectivity index (χ2v) is 8.78. The standard InChI is InChI=1S/C21H20Cl2FNO3/c1-20(2,3)28-19(27)25-17(12-5-8-14(22)9-6-12)21(4,18(25)26)13-7-10-15(23)16(24)11-13/h5-11,17H,1-4H3. The smallest absolute Gasteiger partial charge is 0.417 e. The predicted molar refractivity (Wildman–Crippen MR) is 106 cm³/mol. The zero-order valence-electron chi connectivity index (χ0n) is 15.9. The molecule has 0 radical (unpaired) electrons. The highest BCUT2D eigenvalue weighted by Crippen LogP contribution is 2.52. The summed E-state index contributed by atoms with van der Waals surface area (Å²) in [6.45, 7) is 6.85. The average molecular weight is 424 g/mol. The van der Waals surface area contributed by atoms with Gasteiger partial charge in [-0.25, -0.2) is 14.1 Å². The van der Waals surface area contributed by atoms with Gasteiger partial charge in [-0.15, -0.1) is 0 Å². The van der Waals surface area contributed by atoms with E-state index in [0.29, 0.717) is 16.1 Å². The summed E-state index contributed by atoms with van der Waals surface area (Å²) in [6.07, 6.45) is -0.746. The number of hydrogen-bond acceptors (Lipinski definition) is 3. The lowest BCUT2D eigenvalue weighted by Gasteiger charge is -2.53. The van der Waals surface area contributed by atoms with Gasteiger partial charge < -0.3 is 4.74 Å². The lowest BCUT2D eigenvalue weighted by Crippen LogP contribution is -2.66. The van der Waals surface area contributed by atoms with Gasteiger partial charge in [-0.3, -0.25) is 4.79 Å². The second kappa shape index (κ2) is 7.05. The molecule has 148 valence electrons. The van der Waals surface area contributed by atoms with E-state index < -0.39 is 34.9 Å². The molecule has 7 heteroatoms. The van der Waals surface area contributed by atoms with E-state index in [2.05, 4.69) is 0 Å². The molecule has 1 aliphatic heterocycles. The van der Waals surface area contributed by atoms with Crippen LogP contribution < -0.4 is 0 Å². The van der Waals surface area contributed by atoms with Crippen molar-refractivity contribution >= 4 is 35.2 Å². The molecule has 28 heavy (non-hydrogen) atoms. The van der Waals surface area contributed by atoms with Crippen molar-refractivity contribution in [3.63, 3.8) is 0 Å². The van der Waals surface area contributed by atoms with Gasteiger partial charge in [0.1, 0.15) is 11.4 Å². The number of hydrogen-bond donors (Lipinski definition) is 0. The van der Waals surface area contributed by atoms with Crippen molar-refractivity contribution < 1.29 is 18.7 Å². The molecule has 0 N–H and O–H groups in total. The number of ether oxygens (including phenoxy) is 1. The summed E-state index contributed by atoms with van der Waals surface area (Å²) in [5.74, 6) is -1.10. The van der Waals surface area contributed by atoms with E-state index in [1.54, 1.807) is 58.0 Å². The van der Waals surface area contributed by atoms with Crippen LogP contribution in [0.15, 0.2) is 42.5 Å². The lowest BCUT2D eigenvalue weighted by molar-refractivity contribution is -0.157. The van der Waals surface area contributed by atoms with Crippen molar-refractivity contribution in [3.8, 4) is 0 Å². The minimum absolute atomic E-state index is 0.0360. The highest BCUT2D eigenvalue weighted by molar-refractivity contribution is 6.31. The Morgan fingerprint density at radius 3 is 2.29 bits per heavy atom. The maximum absolute atomic E-state index is 14.1. The van der Waals surface area contributed by atoms with Gasteiger partial charge in [-0.2, -0.15) is 0 Å². The Bertz CT molecular complexity index is 940. The number of halogens is 3. The summed E-state index contributed by atoms with van der Waals surface area (Å²) in [7, 11) is 0. The number of carbonyl (C=O) groups is 2. The molecule has 0 bridgehead atoms. The van der Waals surface area contributed by atoms with Gasteiger partial charge in [0.05, 0.1) is 16.5 Å². The summed E-state index contributed by atoms with van der Waals surface area (Å²) in [4.78, 5) is 26.9. The molecule has 0 aromatic heterocycles. The first-order valence-electron chi connectivity index (χ1n) is 8.73. The molecule has 0 aliphatic carbocycles. The van der Waals surface area contributed by atoms with Crippen molar-refractivity contribution in [2.24, 2.45) is 0 Å². The van der Waals surface area contributed by atoms with Gasteiger partial charge in [0.15, 0.2) is 0 Å². The SMILES string of the molecule is CC(C)(C)OC(=O)N1C(=O)C(C)(c2ccc(Cl)c(F)c2)C1c1ccc(Cl)cc1. The van der Waals surface area contributed by atoms with Crippen molar-refractivity contribution in [2.45, 2.75) is 44.8 Å². The van der Waals surface area contributed by atoms with Gasteiger partial charge in [0.25, 0.3) is 0 Å². The molecule has 1 fully saturated rings. The zero-order valence-corrected chi connectivity index (χ0v) is 17.4. The van der Waals surface area contributed by atoms with Crippen molar-refractivity contribution in [1.29, 1.82) is 0 Å². The molecule has 2 aromatic carbocycles. The molecule has 4 nitrogen and oxygen atoms in total. The highest BCUT2D eigenvalue weighted by atomic mass is 35.5. The monoisotopic (exact) mass is 423 g/mol. The van der Waals surface area contributed by atoms with E-state index >= 15 is 0 Å². The Labute approximate surface area is 173 Å². The average Bonchev–Trinajstić information content (AvgIpc) is 2.60. The lowest BCUT2D eigenvalue weighted by atomic mass is 9.65. The minimum atomic E-state index is -1.16. The first kappa shape index (κ1) is 20.6. The summed E-state index contributed by atoms with van der Waals surface area (Å²) in [5.41, 5.74) is -0.803. The molecule has 0 spiro atoms. The van der Waals surface area contributed by atoms with Crippen LogP contribution in [-0.2, 0) is 14.9 Å². The zero-order chi connectivity index (χ0) is 20.9. The van der Waals surface area contributed by atoms with Crippen LogP contribution in [0.4, 0.5) is 9.18 Å². The van der Waals surface area contributed by atoms with Gasteiger partial charge in [0.2, 0.25) is 5.91 Å². The van der Waals surface area contributed by atoms with Crippen LogP contribution in [0.25, 0.3) is 0 Å². The van der Waals surface area contributed by atoms with Crippen molar-refractivity contribution in [1.82, 2.24) is 4.90 Å². The van der Waals surface area contributed by atoms with Crippen LogP contribution >= 0.6 is 23.2 Å². The van der Waals surface area contributed by atoms with E-state index in [0.717, 1.165) is 4.90 Å². The summed E-state index contributed by atoms with van der Waals surface area (Å²) in [6, 6.07) is 10.4. The van der Waals surface area contributed by atoms with E-state index in [9.17, 15) is 14.0 Å². The van der Waals surface area contributed by atoms with Gasteiger partial charge in [0, 0.05) is 5.02 Å². The highest BCUT2D eigenvalue weighted by Gasteiger charge is 2.62. The maximum Gasteiger partial charge on any atom is 0.417 e. The van der Waals surface area contributed by atoms with Crippen molar-refractivity contribution in [3.05, 3.63) is 69.5 Å².